The summed E-state index contributed by atoms with van der Waals surface area (Å²) >= 11 is 0. The Kier molecular flexibility index (Phi) is 6.03. The summed E-state index contributed by atoms with van der Waals surface area (Å²) in [6.07, 6.45) is 1.68. The minimum absolute atomic E-state index is 0.257. The molecule has 0 aliphatic carbocycles. The van der Waals surface area contributed by atoms with Crippen molar-refractivity contribution in [3.05, 3.63) is 98.5 Å². The van der Waals surface area contributed by atoms with Crippen LogP contribution in [0.15, 0.2) is 71.7 Å². The van der Waals surface area contributed by atoms with Crippen LogP contribution in [0.2, 0.25) is 0 Å². The van der Waals surface area contributed by atoms with Gasteiger partial charge in [-0.2, -0.15) is 0 Å². The second-order valence-corrected chi connectivity index (χ2v) is 6.35. The number of hydrogen-bond donors (Lipinski definition) is 1. The highest BCUT2D eigenvalue weighted by Crippen LogP contribution is 2.25. The lowest BCUT2D eigenvalue weighted by Gasteiger charge is -2.12. The van der Waals surface area contributed by atoms with E-state index in [1.54, 1.807) is 25.3 Å². The van der Waals surface area contributed by atoms with Crippen LogP contribution in [-0.4, -0.2) is 22.5 Å². The fraction of sp³-hybridized carbons (Fsp3) is 0.143. The zero-order valence-electron chi connectivity index (χ0n) is 15.7. The molecule has 0 saturated carbocycles. The number of amides is 1. The maximum absolute atomic E-state index is 12.4. The number of carbonyl (C=O) groups excluding carboxylic acids is 1. The van der Waals surface area contributed by atoms with E-state index < -0.39 is 16.4 Å². The molecule has 8 heteroatoms. The normalized spacial score (nSPS) is 10.4. The van der Waals surface area contributed by atoms with Gasteiger partial charge in [0.1, 0.15) is 12.3 Å². The fourth-order valence-corrected chi connectivity index (χ4v) is 2.92. The molecule has 0 unspecified atom stereocenters. The maximum atomic E-state index is 12.4. The number of aromatic nitrogens is 1. The highest BCUT2D eigenvalue weighted by atomic mass is 16.6. The molecular formula is C21H19N3O5. The van der Waals surface area contributed by atoms with E-state index in [0.717, 1.165) is 34.0 Å². The number of methoxy groups -OCH3 is 1. The summed E-state index contributed by atoms with van der Waals surface area (Å²) in [4.78, 5) is 34.5. The van der Waals surface area contributed by atoms with Crippen LogP contribution in [0.25, 0.3) is 0 Å². The standard InChI is InChI=1S/C21H19N3O5/c1-29-19-9-7-17(12-16(19)11-15-5-3-2-4-6-15)22-20(25)14-23-13-18(24(27)28)8-10-21(23)26/h2-10,12-13H,11,14H2,1H3,(H,22,25). The minimum Gasteiger partial charge on any atom is -0.496 e. The second kappa shape index (κ2) is 8.83. The molecule has 1 N–H and O–H groups in total. The molecule has 0 saturated heterocycles. The van der Waals surface area contributed by atoms with Crippen LogP contribution in [0.4, 0.5) is 11.4 Å². The first-order chi connectivity index (χ1) is 14.0. The first-order valence-corrected chi connectivity index (χ1v) is 8.82. The Morgan fingerprint density at radius 2 is 1.90 bits per heavy atom. The molecule has 148 valence electrons. The predicted octanol–water partition coefficient (Wildman–Crippen LogP) is 2.99. The van der Waals surface area contributed by atoms with E-state index >= 15 is 0 Å². The molecule has 0 aliphatic heterocycles. The van der Waals surface area contributed by atoms with Crippen LogP contribution >= 0.6 is 0 Å². The largest absolute Gasteiger partial charge is 0.496 e. The Hall–Kier alpha value is -3.94. The van der Waals surface area contributed by atoms with Crippen molar-refractivity contribution in [3.63, 3.8) is 0 Å². The zero-order valence-corrected chi connectivity index (χ0v) is 15.7. The van der Waals surface area contributed by atoms with E-state index in [9.17, 15) is 19.7 Å². The molecular weight excluding hydrogens is 374 g/mol. The minimum atomic E-state index is -0.618. The number of benzene rings is 2. The third-order valence-corrected chi connectivity index (χ3v) is 4.29. The fourth-order valence-electron chi connectivity index (χ4n) is 2.92. The van der Waals surface area contributed by atoms with Crippen LogP contribution in [0.1, 0.15) is 11.1 Å². The molecule has 0 aliphatic rings. The average molecular weight is 393 g/mol. The van der Waals surface area contributed by atoms with E-state index in [0.29, 0.717) is 17.9 Å². The topological polar surface area (TPSA) is 103 Å². The van der Waals surface area contributed by atoms with Gasteiger partial charge in [0.25, 0.3) is 11.2 Å². The van der Waals surface area contributed by atoms with E-state index in [-0.39, 0.29) is 12.2 Å². The van der Waals surface area contributed by atoms with Gasteiger partial charge >= 0.3 is 0 Å². The quantitative estimate of drug-likeness (QED) is 0.491. The van der Waals surface area contributed by atoms with Crippen LogP contribution in [0.3, 0.4) is 0 Å². The monoisotopic (exact) mass is 393 g/mol. The van der Waals surface area contributed by atoms with Crippen molar-refractivity contribution in [2.45, 2.75) is 13.0 Å². The van der Waals surface area contributed by atoms with Crippen molar-refractivity contribution in [1.82, 2.24) is 4.57 Å². The van der Waals surface area contributed by atoms with Crippen LogP contribution in [0, 0.1) is 10.1 Å². The van der Waals surface area contributed by atoms with Gasteiger partial charge in [0.05, 0.1) is 18.2 Å². The molecule has 1 heterocycles. The highest BCUT2D eigenvalue weighted by Gasteiger charge is 2.12. The van der Waals surface area contributed by atoms with Crippen LogP contribution in [0.5, 0.6) is 5.75 Å². The Bertz CT molecular complexity index is 1090. The molecule has 3 aromatic rings. The van der Waals surface area contributed by atoms with Crippen molar-refractivity contribution in [3.8, 4) is 5.75 Å². The number of hydrogen-bond acceptors (Lipinski definition) is 5. The second-order valence-electron chi connectivity index (χ2n) is 6.35. The van der Waals surface area contributed by atoms with Crippen molar-refractivity contribution < 1.29 is 14.5 Å². The highest BCUT2D eigenvalue weighted by molar-refractivity contribution is 5.90. The van der Waals surface area contributed by atoms with Gasteiger partial charge in [0.15, 0.2) is 0 Å². The number of rotatable bonds is 7. The number of ether oxygens (including phenoxy) is 1. The van der Waals surface area contributed by atoms with Gasteiger partial charge in [-0.3, -0.25) is 24.3 Å². The van der Waals surface area contributed by atoms with Gasteiger partial charge in [-0.05, 0) is 23.8 Å². The number of nitrogens with zero attached hydrogens (tertiary/aromatic N) is 2. The molecule has 0 spiro atoms. The Labute approximate surface area is 166 Å². The number of nitro groups is 1. The number of carbonyl (C=O) groups is 1. The lowest BCUT2D eigenvalue weighted by Crippen LogP contribution is -2.27. The van der Waals surface area contributed by atoms with E-state index in [4.69, 9.17) is 4.74 Å². The summed E-state index contributed by atoms with van der Waals surface area (Å²) in [6.45, 7) is -0.333. The summed E-state index contributed by atoms with van der Waals surface area (Å²) in [5.74, 6) is 0.227. The summed E-state index contributed by atoms with van der Waals surface area (Å²) < 4.78 is 6.40. The molecule has 0 fully saturated rings. The predicted molar refractivity (Wildman–Crippen MR) is 108 cm³/mol. The van der Waals surface area contributed by atoms with E-state index in [1.165, 1.54) is 0 Å². The molecule has 8 nitrogen and oxygen atoms in total. The molecule has 0 radical (unpaired) electrons. The number of pyridine rings is 1. The van der Waals surface area contributed by atoms with E-state index in [2.05, 4.69) is 5.32 Å². The van der Waals surface area contributed by atoms with Crippen molar-refractivity contribution in [2.75, 3.05) is 12.4 Å². The summed E-state index contributed by atoms with van der Waals surface area (Å²) in [7, 11) is 1.58. The van der Waals surface area contributed by atoms with Crippen molar-refractivity contribution in [1.29, 1.82) is 0 Å². The Balaban J connectivity index is 1.77. The maximum Gasteiger partial charge on any atom is 0.285 e. The van der Waals surface area contributed by atoms with Gasteiger partial charge in [-0.15, -0.1) is 0 Å². The lowest BCUT2D eigenvalue weighted by atomic mass is 10.0. The van der Waals surface area contributed by atoms with Gasteiger partial charge in [0, 0.05) is 29.8 Å². The van der Waals surface area contributed by atoms with Gasteiger partial charge in [-0.1, -0.05) is 30.3 Å². The first kappa shape index (κ1) is 19.8. The molecule has 2 aromatic carbocycles. The third-order valence-electron chi connectivity index (χ3n) is 4.29. The molecule has 29 heavy (non-hydrogen) atoms. The van der Waals surface area contributed by atoms with Crippen molar-refractivity contribution in [2.24, 2.45) is 0 Å². The molecule has 3 rings (SSSR count). The molecule has 0 bridgehead atoms. The Morgan fingerprint density at radius 3 is 2.59 bits per heavy atom. The van der Waals surface area contributed by atoms with E-state index in [1.807, 2.05) is 30.3 Å². The average Bonchev–Trinajstić information content (AvgIpc) is 2.70. The third kappa shape index (κ3) is 5.07. The Morgan fingerprint density at radius 1 is 1.14 bits per heavy atom. The van der Waals surface area contributed by atoms with Crippen LogP contribution < -0.4 is 15.6 Å². The molecule has 1 aromatic heterocycles. The van der Waals surface area contributed by atoms with Gasteiger partial charge in [0.2, 0.25) is 5.91 Å². The summed E-state index contributed by atoms with van der Waals surface area (Å²) in [6, 6.07) is 17.3. The molecule has 0 atom stereocenters. The first-order valence-electron chi connectivity index (χ1n) is 8.82. The number of nitrogens with one attached hydrogen (secondary N) is 1. The lowest BCUT2D eigenvalue weighted by molar-refractivity contribution is -0.385. The smallest absolute Gasteiger partial charge is 0.285 e. The molecule has 1 amide bonds. The SMILES string of the molecule is COc1ccc(NC(=O)Cn2cc([N+](=O)[O-])ccc2=O)cc1Cc1ccccc1. The van der Waals surface area contributed by atoms with Crippen molar-refractivity contribution >= 4 is 17.3 Å². The summed E-state index contributed by atoms with van der Waals surface area (Å²) in [5, 5.41) is 13.6. The zero-order chi connectivity index (χ0) is 20.8. The van der Waals surface area contributed by atoms with Gasteiger partial charge in [-0.25, -0.2) is 0 Å². The van der Waals surface area contributed by atoms with Gasteiger partial charge < -0.3 is 10.1 Å². The number of anilines is 1. The summed E-state index contributed by atoms with van der Waals surface area (Å²) in [5.41, 5.74) is 1.78. The van der Waals surface area contributed by atoms with Crippen LogP contribution in [-0.2, 0) is 17.8 Å².